The van der Waals surface area contributed by atoms with E-state index in [1.807, 2.05) is 7.05 Å². The number of hydrogen-bond donors (Lipinski definition) is 2. The number of rotatable bonds is 5. The molecule has 0 aromatic heterocycles. The van der Waals surface area contributed by atoms with Gasteiger partial charge in [0.15, 0.2) is 0 Å². The fourth-order valence-corrected chi connectivity index (χ4v) is 1.61. The van der Waals surface area contributed by atoms with Gasteiger partial charge < -0.3 is 20.6 Å². The molecule has 1 unspecified atom stereocenters. The summed E-state index contributed by atoms with van der Waals surface area (Å²) in [6.07, 6.45) is 1.76. The first-order valence-corrected chi connectivity index (χ1v) is 4.95. The van der Waals surface area contributed by atoms with Gasteiger partial charge in [0.2, 0.25) is 0 Å². The Kier molecular flexibility index (Phi) is 4.69. The lowest BCUT2D eigenvalue weighted by Crippen LogP contribution is -2.29. The van der Waals surface area contributed by atoms with Crippen LogP contribution in [0.15, 0.2) is 5.16 Å². The molecular formula is C9H19N3O2. The standard InChI is InChI=1S/C9H19N3O2/c1-12(4-2-9(10)11-13)6-8-3-5-14-7-8/h8,13H,2-7H2,1H3,(H2,10,11). The average molecular weight is 201 g/mol. The zero-order valence-electron chi connectivity index (χ0n) is 8.65. The monoisotopic (exact) mass is 201 g/mol. The van der Waals surface area contributed by atoms with Gasteiger partial charge in [-0.1, -0.05) is 5.16 Å². The smallest absolute Gasteiger partial charge is 0.140 e. The van der Waals surface area contributed by atoms with Crippen LogP contribution in [0.4, 0.5) is 0 Å². The first-order chi connectivity index (χ1) is 6.72. The second-order valence-corrected chi connectivity index (χ2v) is 3.83. The molecule has 82 valence electrons. The van der Waals surface area contributed by atoms with Crippen LogP contribution in [0, 0.1) is 5.92 Å². The zero-order valence-corrected chi connectivity index (χ0v) is 8.65. The van der Waals surface area contributed by atoms with Crippen LogP contribution < -0.4 is 5.73 Å². The maximum absolute atomic E-state index is 8.36. The predicted molar refractivity (Wildman–Crippen MR) is 54.4 cm³/mol. The minimum absolute atomic E-state index is 0.291. The van der Waals surface area contributed by atoms with Crippen LogP contribution in [0.25, 0.3) is 0 Å². The van der Waals surface area contributed by atoms with Crippen molar-refractivity contribution in [2.24, 2.45) is 16.8 Å². The molecule has 0 aromatic rings. The lowest BCUT2D eigenvalue weighted by atomic mass is 10.1. The summed E-state index contributed by atoms with van der Waals surface area (Å²) in [5.74, 6) is 0.937. The fraction of sp³-hybridized carbons (Fsp3) is 0.889. The van der Waals surface area contributed by atoms with Crippen LogP contribution in [-0.2, 0) is 4.74 Å². The van der Waals surface area contributed by atoms with Gasteiger partial charge >= 0.3 is 0 Å². The molecule has 0 saturated carbocycles. The molecule has 0 amide bonds. The van der Waals surface area contributed by atoms with Gasteiger partial charge in [-0.25, -0.2) is 0 Å². The van der Waals surface area contributed by atoms with Crippen LogP contribution in [0.2, 0.25) is 0 Å². The second kappa shape index (κ2) is 5.82. The van der Waals surface area contributed by atoms with Gasteiger partial charge in [-0.15, -0.1) is 0 Å². The highest BCUT2D eigenvalue weighted by Crippen LogP contribution is 2.13. The maximum Gasteiger partial charge on any atom is 0.140 e. The van der Waals surface area contributed by atoms with Crippen molar-refractivity contribution in [3.8, 4) is 0 Å². The van der Waals surface area contributed by atoms with Gasteiger partial charge in [0.05, 0.1) is 6.61 Å². The third-order valence-corrected chi connectivity index (χ3v) is 2.47. The van der Waals surface area contributed by atoms with Crippen molar-refractivity contribution in [1.82, 2.24) is 4.90 Å². The van der Waals surface area contributed by atoms with E-state index in [0.717, 1.165) is 32.7 Å². The molecular weight excluding hydrogens is 182 g/mol. The van der Waals surface area contributed by atoms with Crippen LogP contribution >= 0.6 is 0 Å². The molecule has 5 heteroatoms. The Labute approximate surface area is 84.5 Å². The SMILES string of the molecule is CN(CC/C(N)=N/O)CC1CCOC1. The third-order valence-electron chi connectivity index (χ3n) is 2.47. The summed E-state index contributed by atoms with van der Waals surface area (Å²) in [6.45, 7) is 3.61. The van der Waals surface area contributed by atoms with Gasteiger partial charge in [0.1, 0.15) is 5.84 Å². The largest absolute Gasteiger partial charge is 0.409 e. The lowest BCUT2D eigenvalue weighted by molar-refractivity contribution is 0.174. The van der Waals surface area contributed by atoms with Gasteiger partial charge in [0.25, 0.3) is 0 Å². The molecule has 1 atom stereocenters. The fourth-order valence-electron chi connectivity index (χ4n) is 1.61. The third kappa shape index (κ3) is 3.93. The Bertz CT molecular complexity index is 190. The van der Waals surface area contributed by atoms with E-state index in [4.69, 9.17) is 15.7 Å². The molecule has 1 aliphatic heterocycles. The minimum Gasteiger partial charge on any atom is -0.409 e. The number of oxime groups is 1. The average Bonchev–Trinajstić information content (AvgIpc) is 2.66. The number of amidine groups is 1. The number of hydrogen-bond acceptors (Lipinski definition) is 4. The first kappa shape index (κ1) is 11.3. The summed E-state index contributed by atoms with van der Waals surface area (Å²) >= 11 is 0. The molecule has 0 spiro atoms. The number of nitrogens with two attached hydrogens (primary N) is 1. The molecule has 0 radical (unpaired) electrons. The molecule has 14 heavy (non-hydrogen) atoms. The highest BCUT2D eigenvalue weighted by atomic mass is 16.5. The summed E-state index contributed by atoms with van der Waals surface area (Å²) in [4.78, 5) is 2.19. The predicted octanol–water partition coefficient (Wildman–Crippen LogP) is 0.0912. The van der Waals surface area contributed by atoms with Crippen molar-refractivity contribution in [1.29, 1.82) is 0 Å². The molecule has 1 saturated heterocycles. The van der Waals surface area contributed by atoms with E-state index in [9.17, 15) is 0 Å². The van der Waals surface area contributed by atoms with Gasteiger partial charge in [0, 0.05) is 26.1 Å². The van der Waals surface area contributed by atoms with E-state index >= 15 is 0 Å². The molecule has 1 aliphatic rings. The van der Waals surface area contributed by atoms with E-state index in [1.165, 1.54) is 0 Å². The van der Waals surface area contributed by atoms with Crippen LogP contribution in [0.1, 0.15) is 12.8 Å². The van der Waals surface area contributed by atoms with E-state index < -0.39 is 0 Å². The van der Waals surface area contributed by atoms with Crippen molar-refractivity contribution in [3.63, 3.8) is 0 Å². The molecule has 0 aliphatic carbocycles. The first-order valence-electron chi connectivity index (χ1n) is 4.95. The van der Waals surface area contributed by atoms with Crippen molar-refractivity contribution in [2.75, 3.05) is 33.4 Å². The van der Waals surface area contributed by atoms with E-state index in [2.05, 4.69) is 10.1 Å². The Morgan fingerprint density at radius 1 is 1.71 bits per heavy atom. The molecule has 1 fully saturated rings. The summed E-state index contributed by atoms with van der Waals surface area (Å²) in [5.41, 5.74) is 5.38. The molecule has 3 N–H and O–H groups in total. The van der Waals surface area contributed by atoms with Crippen molar-refractivity contribution in [3.05, 3.63) is 0 Å². The van der Waals surface area contributed by atoms with E-state index in [1.54, 1.807) is 0 Å². The number of nitrogens with zero attached hydrogens (tertiary/aromatic N) is 2. The topological polar surface area (TPSA) is 71.1 Å². The Morgan fingerprint density at radius 3 is 3.07 bits per heavy atom. The summed E-state index contributed by atoms with van der Waals surface area (Å²) in [5, 5.41) is 11.3. The number of ether oxygens (including phenoxy) is 1. The Balaban J connectivity index is 2.11. The quantitative estimate of drug-likeness (QED) is 0.286. The molecule has 5 nitrogen and oxygen atoms in total. The molecule has 0 bridgehead atoms. The zero-order chi connectivity index (χ0) is 10.4. The molecule has 1 heterocycles. The van der Waals surface area contributed by atoms with Crippen LogP contribution in [0.3, 0.4) is 0 Å². The highest BCUT2D eigenvalue weighted by molar-refractivity contribution is 5.79. The molecule has 0 aromatic carbocycles. The van der Waals surface area contributed by atoms with Crippen molar-refractivity contribution >= 4 is 5.84 Å². The minimum atomic E-state index is 0.291. The van der Waals surface area contributed by atoms with Gasteiger partial charge in [-0.2, -0.15) is 0 Å². The molecule has 1 rings (SSSR count). The van der Waals surface area contributed by atoms with Gasteiger partial charge in [-0.3, -0.25) is 0 Å². The lowest BCUT2D eigenvalue weighted by Gasteiger charge is -2.19. The summed E-state index contributed by atoms with van der Waals surface area (Å²) in [7, 11) is 2.04. The van der Waals surface area contributed by atoms with Crippen LogP contribution in [0.5, 0.6) is 0 Å². The van der Waals surface area contributed by atoms with Crippen molar-refractivity contribution < 1.29 is 9.94 Å². The van der Waals surface area contributed by atoms with Crippen LogP contribution in [-0.4, -0.2) is 49.3 Å². The van der Waals surface area contributed by atoms with Gasteiger partial charge in [-0.05, 0) is 19.4 Å². The second-order valence-electron chi connectivity index (χ2n) is 3.83. The van der Waals surface area contributed by atoms with E-state index in [0.29, 0.717) is 18.2 Å². The Morgan fingerprint density at radius 2 is 2.50 bits per heavy atom. The Hall–Kier alpha value is -0.810. The highest BCUT2D eigenvalue weighted by Gasteiger charge is 2.17. The summed E-state index contributed by atoms with van der Waals surface area (Å²) < 4.78 is 5.29. The maximum atomic E-state index is 8.36. The summed E-state index contributed by atoms with van der Waals surface area (Å²) in [6, 6.07) is 0. The van der Waals surface area contributed by atoms with E-state index in [-0.39, 0.29) is 0 Å². The van der Waals surface area contributed by atoms with Crippen molar-refractivity contribution in [2.45, 2.75) is 12.8 Å². The normalized spacial score (nSPS) is 23.3.